The Morgan fingerprint density at radius 2 is 1.69 bits per heavy atom. The molecule has 84 valence electrons. The molecule has 5 nitrogen and oxygen atoms in total. The fraction of sp³-hybridized carbons (Fsp3) is 0.273. The number of carbonyl (C=O) groups excluding carboxylic acids is 2. The first-order valence-electron chi connectivity index (χ1n) is 5.01. The molecule has 16 heavy (non-hydrogen) atoms. The number of amides is 3. The first-order chi connectivity index (χ1) is 7.53. The van der Waals surface area contributed by atoms with Crippen LogP contribution in [0, 0.1) is 0 Å². The quantitative estimate of drug-likeness (QED) is 0.687. The standard InChI is InChI=1S/C11H13N3O2/c12-9(15)7-1-3-8(4-2-7)11(5-6-11)14-10(13)16/h1-4H,5-6H2,(H2,12,15)(H3,13,14,16). The van der Waals surface area contributed by atoms with E-state index in [-0.39, 0.29) is 5.54 Å². The first kappa shape index (κ1) is 10.5. The predicted molar refractivity (Wildman–Crippen MR) is 58.6 cm³/mol. The van der Waals surface area contributed by atoms with Gasteiger partial charge in [0.2, 0.25) is 5.91 Å². The largest absolute Gasteiger partial charge is 0.366 e. The molecule has 1 aromatic rings. The second-order valence-electron chi connectivity index (χ2n) is 4.01. The Kier molecular flexibility index (Phi) is 2.30. The monoisotopic (exact) mass is 219 g/mol. The van der Waals surface area contributed by atoms with Gasteiger partial charge >= 0.3 is 6.03 Å². The minimum absolute atomic E-state index is 0.331. The van der Waals surface area contributed by atoms with Gasteiger partial charge in [-0.1, -0.05) is 12.1 Å². The van der Waals surface area contributed by atoms with E-state index in [4.69, 9.17) is 11.5 Å². The summed E-state index contributed by atoms with van der Waals surface area (Å²) in [7, 11) is 0. The van der Waals surface area contributed by atoms with Gasteiger partial charge in [0.1, 0.15) is 0 Å². The lowest BCUT2D eigenvalue weighted by Gasteiger charge is -2.16. The van der Waals surface area contributed by atoms with Crippen LogP contribution < -0.4 is 16.8 Å². The highest BCUT2D eigenvalue weighted by Crippen LogP contribution is 2.45. The molecule has 1 fully saturated rings. The van der Waals surface area contributed by atoms with E-state index in [2.05, 4.69) is 5.32 Å². The number of benzene rings is 1. The fourth-order valence-corrected chi connectivity index (χ4v) is 1.80. The zero-order valence-electron chi connectivity index (χ0n) is 8.69. The smallest absolute Gasteiger partial charge is 0.312 e. The van der Waals surface area contributed by atoms with Crippen molar-refractivity contribution in [2.45, 2.75) is 18.4 Å². The van der Waals surface area contributed by atoms with Crippen molar-refractivity contribution in [1.82, 2.24) is 5.32 Å². The zero-order valence-corrected chi connectivity index (χ0v) is 8.69. The van der Waals surface area contributed by atoms with Crippen LogP contribution in [0.4, 0.5) is 4.79 Å². The van der Waals surface area contributed by atoms with Crippen LogP contribution >= 0.6 is 0 Å². The highest BCUT2D eigenvalue weighted by atomic mass is 16.2. The fourth-order valence-electron chi connectivity index (χ4n) is 1.80. The van der Waals surface area contributed by atoms with Crippen molar-refractivity contribution in [3.05, 3.63) is 35.4 Å². The van der Waals surface area contributed by atoms with Crippen LogP contribution in [-0.2, 0) is 5.54 Å². The number of rotatable bonds is 3. The van der Waals surface area contributed by atoms with Gasteiger partial charge in [0.25, 0.3) is 0 Å². The maximum Gasteiger partial charge on any atom is 0.312 e. The molecule has 0 heterocycles. The van der Waals surface area contributed by atoms with Gasteiger partial charge in [0.15, 0.2) is 0 Å². The van der Waals surface area contributed by atoms with Gasteiger partial charge < -0.3 is 16.8 Å². The number of primary amides is 2. The van der Waals surface area contributed by atoms with E-state index >= 15 is 0 Å². The maximum absolute atomic E-state index is 10.9. The summed E-state index contributed by atoms with van der Waals surface area (Å²) < 4.78 is 0. The number of nitrogens with one attached hydrogen (secondary N) is 1. The molecule has 3 amide bonds. The van der Waals surface area contributed by atoms with Crippen LogP contribution in [-0.4, -0.2) is 11.9 Å². The second-order valence-corrected chi connectivity index (χ2v) is 4.01. The molecule has 5 heteroatoms. The van der Waals surface area contributed by atoms with Gasteiger partial charge in [-0.15, -0.1) is 0 Å². The van der Waals surface area contributed by atoms with Gasteiger partial charge in [-0.25, -0.2) is 4.79 Å². The SMILES string of the molecule is NC(=O)NC1(c2ccc(C(N)=O)cc2)CC1. The van der Waals surface area contributed by atoms with Crippen LogP contribution in [0.25, 0.3) is 0 Å². The third-order valence-electron chi connectivity index (χ3n) is 2.83. The first-order valence-corrected chi connectivity index (χ1v) is 5.01. The molecule has 0 saturated heterocycles. The van der Waals surface area contributed by atoms with E-state index in [1.54, 1.807) is 24.3 Å². The predicted octanol–water partition coefficient (Wildman–Crippen LogP) is 0.443. The van der Waals surface area contributed by atoms with Crippen LogP contribution in [0.15, 0.2) is 24.3 Å². The number of nitrogens with two attached hydrogens (primary N) is 2. The van der Waals surface area contributed by atoms with Gasteiger partial charge in [0.05, 0.1) is 5.54 Å². The molecule has 0 unspecified atom stereocenters. The Hall–Kier alpha value is -2.04. The molecular weight excluding hydrogens is 206 g/mol. The molecular formula is C11H13N3O2. The van der Waals surface area contributed by atoms with Crippen LogP contribution in [0.2, 0.25) is 0 Å². The third kappa shape index (κ3) is 1.84. The Labute approximate surface area is 92.8 Å². The van der Waals surface area contributed by atoms with Crippen LogP contribution in [0.3, 0.4) is 0 Å². The van der Waals surface area contributed by atoms with Crippen LogP contribution in [0.1, 0.15) is 28.8 Å². The summed E-state index contributed by atoms with van der Waals surface area (Å²) in [5.41, 5.74) is 11.3. The summed E-state index contributed by atoms with van der Waals surface area (Å²) in [4.78, 5) is 21.7. The molecule has 1 aliphatic carbocycles. The molecule has 0 aromatic heterocycles. The molecule has 2 rings (SSSR count). The highest BCUT2D eigenvalue weighted by molar-refractivity contribution is 5.92. The molecule has 0 spiro atoms. The minimum atomic E-state index is -0.531. The maximum atomic E-state index is 10.9. The number of hydrogen-bond acceptors (Lipinski definition) is 2. The van der Waals surface area contributed by atoms with Gasteiger partial charge in [0, 0.05) is 5.56 Å². The van der Waals surface area contributed by atoms with Crippen molar-refractivity contribution in [1.29, 1.82) is 0 Å². The van der Waals surface area contributed by atoms with Gasteiger partial charge in [-0.3, -0.25) is 4.79 Å². The molecule has 1 aromatic carbocycles. The molecule has 5 N–H and O–H groups in total. The Balaban J connectivity index is 2.22. The van der Waals surface area contributed by atoms with E-state index in [0.29, 0.717) is 5.56 Å². The van der Waals surface area contributed by atoms with Gasteiger partial charge in [-0.05, 0) is 30.5 Å². The number of hydrogen-bond donors (Lipinski definition) is 3. The lowest BCUT2D eigenvalue weighted by molar-refractivity contribution is 0.1000. The van der Waals surface area contributed by atoms with Crippen molar-refractivity contribution in [2.24, 2.45) is 11.5 Å². The van der Waals surface area contributed by atoms with Crippen molar-refractivity contribution in [2.75, 3.05) is 0 Å². The second kappa shape index (κ2) is 3.52. The average molecular weight is 219 g/mol. The molecule has 0 radical (unpaired) electrons. The summed E-state index contributed by atoms with van der Waals surface area (Å²) in [6.45, 7) is 0. The molecule has 0 aliphatic heterocycles. The van der Waals surface area contributed by atoms with E-state index in [9.17, 15) is 9.59 Å². The molecule has 1 aliphatic rings. The highest BCUT2D eigenvalue weighted by Gasteiger charge is 2.45. The van der Waals surface area contributed by atoms with E-state index < -0.39 is 11.9 Å². The van der Waals surface area contributed by atoms with Gasteiger partial charge in [-0.2, -0.15) is 0 Å². The lowest BCUT2D eigenvalue weighted by atomic mass is 10.0. The Morgan fingerprint density at radius 1 is 1.12 bits per heavy atom. The minimum Gasteiger partial charge on any atom is -0.366 e. The van der Waals surface area contributed by atoms with E-state index in [0.717, 1.165) is 18.4 Å². The summed E-state index contributed by atoms with van der Waals surface area (Å²) in [5, 5.41) is 2.72. The van der Waals surface area contributed by atoms with E-state index in [1.165, 1.54) is 0 Å². The summed E-state index contributed by atoms with van der Waals surface area (Å²) in [5.74, 6) is -0.459. The van der Waals surface area contributed by atoms with E-state index in [1.807, 2.05) is 0 Å². The topological polar surface area (TPSA) is 98.2 Å². The van der Waals surface area contributed by atoms with Crippen molar-refractivity contribution in [3.8, 4) is 0 Å². The van der Waals surface area contributed by atoms with Crippen molar-refractivity contribution < 1.29 is 9.59 Å². The van der Waals surface area contributed by atoms with Crippen LogP contribution in [0.5, 0.6) is 0 Å². The number of carbonyl (C=O) groups is 2. The Morgan fingerprint density at radius 3 is 2.06 bits per heavy atom. The zero-order chi connectivity index (χ0) is 11.8. The molecule has 1 saturated carbocycles. The molecule has 0 bridgehead atoms. The summed E-state index contributed by atoms with van der Waals surface area (Å²) in [6, 6.07) is 6.36. The summed E-state index contributed by atoms with van der Waals surface area (Å²) >= 11 is 0. The third-order valence-corrected chi connectivity index (χ3v) is 2.83. The van der Waals surface area contributed by atoms with Crippen molar-refractivity contribution >= 4 is 11.9 Å². The molecule has 0 atom stereocenters. The Bertz CT molecular complexity index is 435. The average Bonchev–Trinajstić information content (AvgIpc) is 2.98. The lowest BCUT2D eigenvalue weighted by Crippen LogP contribution is -2.38. The summed E-state index contributed by atoms with van der Waals surface area (Å²) in [6.07, 6.45) is 1.73. The van der Waals surface area contributed by atoms with Crippen molar-refractivity contribution in [3.63, 3.8) is 0 Å². The normalized spacial score (nSPS) is 16.5. The number of urea groups is 1.